The molecule has 0 radical (unpaired) electrons. The number of nitrogens with zero attached hydrogens (tertiary/aromatic N) is 2. The fourth-order valence-corrected chi connectivity index (χ4v) is 3.13. The van der Waals surface area contributed by atoms with Crippen LogP contribution in [0, 0.1) is 0 Å². The zero-order valence-corrected chi connectivity index (χ0v) is 14.4. The number of rotatable bonds is 5. The van der Waals surface area contributed by atoms with Gasteiger partial charge in [-0.3, -0.25) is 4.79 Å². The summed E-state index contributed by atoms with van der Waals surface area (Å²) in [6.45, 7) is 0. The minimum absolute atomic E-state index is 0.0631. The summed E-state index contributed by atoms with van der Waals surface area (Å²) in [7, 11) is 0. The molecule has 1 amide bonds. The molecular weight excluding hydrogens is 326 g/mol. The van der Waals surface area contributed by atoms with Gasteiger partial charge in [-0.15, -0.1) is 10.2 Å². The third-order valence-electron chi connectivity index (χ3n) is 4.34. The molecule has 5 nitrogen and oxygen atoms in total. The summed E-state index contributed by atoms with van der Waals surface area (Å²) in [6.07, 6.45) is 7.99. The Labute approximate surface area is 146 Å². The van der Waals surface area contributed by atoms with Crippen LogP contribution in [0.5, 0.6) is 0 Å². The van der Waals surface area contributed by atoms with E-state index >= 15 is 0 Å². The monoisotopic (exact) mass is 347 g/mol. The maximum Gasteiger partial charge on any atom is 0.247 e. The van der Waals surface area contributed by atoms with Gasteiger partial charge in [0.2, 0.25) is 17.7 Å². The first-order chi connectivity index (χ1) is 11.7. The molecule has 1 aromatic heterocycles. The molecule has 1 fully saturated rings. The van der Waals surface area contributed by atoms with Crippen molar-refractivity contribution in [1.82, 2.24) is 15.5 Å². The van der Waals surface area contributed by atoms with Crippen molar-refractivity contribution in [2.45, 2.75) is 57.4 Å². The Balaban J connectivity index is 1.49. The van der Waals surface area contributed by atoms with E-state index in [0.29, 0.717) is 35.7 Å². The van der Waals surface area contributed by atoms with Gasteiger partial charge in [-0.05, 0) is 37.1 Å². The summed E-state index contributed by atoms with van der Waals surface area (Å²) in [4.78, 5) is 12.1. The van der Waals surface area contributed by atoms with Gasteiger partial charge in [-0.2, -0.15) is 0 Å². The summed E-state index contributed by atoms with van der Waals surface area (Å²) in [5.41, 5.74) is 0.820. The lowest BCUT2D eigenvalue weighted by Gasteiger charge is -2.15. The van der Waals surface area contributed by atoms with Gasteiger partial charge in [0.15, 0.2) is 0 Å². The number of amides is 1. The van der Waals surface area contributed by atoms with Gasteiger partial charge in [-0.25, -0.2) is 0 Å². The van der Waals surface area contributed by atoms with Crippen LogP contribution in [0.25, 0.3) is 11.5 Å². The van der Waals surface area contributed by atoms with E-state index in [1.165, 1.54) is 25.7 Å². The number of carbonyl (C=O) groups is 1. The van der Waals surface area contributed by atoms with E-state index < -0.39 is 0 Å². The molecule has 1 heterocycles. The van der Waals surface area contributed by atoms with E-state index in [-0.39, 0.29) is 5.91 Å². The number of aryl methyl sites for hydroxylation is 1. The zero-order chi connectivity index (χ0) is 16.8. The van der Waals surface area contributed by atoms with Crippen molar-refractivity contribution in [1.29, 1.82) is 0 Å². The van der Waals surface area contributed by atoms with Gasteiger partial charge in [0.25, 0.3) is 0 Å². The van der Waals surface area contributed by atoms with Crippen molar-refractivity contribution < 1.29 is 9.21 Å². The molecule has 2 aromatic rings. The summed E-state index contributed by atoms with van der Waals surface area (Å²) in [6, 6.07) is 7.55. The molecule has 0 aliphatic heterocycles. The number of hydrogen-bond acceptors (Lipinski definition) is 4. The molecule has 1 aliphatic carbocycles. The molecule has 0 bridgehead atoms. The Morgan fingerprint density at radius 3 is 2.54 bits per heavy atom. The smallest absolute Gasteiger partial charge is 0.247 e. The lowest BCUT2D eigenvalue weighted by atomic mass is 10.1. The van der Waals surface area contributed by atoms with E-state index in [1.807, 2.05) is 12.1 Å². The van der Waals surface area contributed by atoms with Crippen molar-refractivity contribution >= 4 is 17.5 Å². The molecule has 24 heavy (non-hydrogen) atoms. The van der Waals surface area contributed by atoms with Crippen LogP contribution in [0.2, 0.25) is 5.02 Å². The van der Waals surface area contributed by atoms with Gasteiger partial charge < -0.3 is 9.73 Å². The summed E-state index contributed by atoms with van der Waals surface area (Å²) in [5, 5.41) is 11.8. The van der Waals surface area contributed by atoms with Crippen molar-refractivity contribution in [3.05, 3.63) is 35.2 Å². The summed E-state index contributed by atoms with van der Waals surface area (Å²) < 4.78 is 5.62. The molecule has 1 N–H and O–H groups in total. The number of nitrogens with one attached hydrogen (secondary N) is 1. The fraction of sp³-hybridized carbons (Fsp3) is 0.500. The van der Waals surface area contributed by atoms with Crippen LogP contribution < -0.4 is 5.32 Å². The molecule has 0 unspecified atom stereocenters. The second-order valence-corrected chi connectivity index (χ2v) is 6.70. The topological polar surface area (TPSA) is 68.0 Å². The highest BCUT2D eigenvalue weighted by Crippen LogP contribution is 2.21. The number of carbonyl (C=O) groups excluding carboxylic acids is 1. The van der Waals surface area contributed by atoms with Crippen LogP contribution in [0.1, 0.15) is 50.8 Å². The van der Waals surface area contributed by atoms with Crippen molar-refractivity contribution in [3.63, 3.8) is 0 Å². The molecule has 0 saturated heterocycles. The van der Waals surface area contributed by atoms with Gasteiger partial charge in [0.05, 0.1) is 0 Å². The Kier molecular flexibility index (Phi) is 5.86. The predicted molar refractivity (Wildman–Crippen MR) is 92.7 cm³/mol. The number of aromatic nitrogens is 2. The van der Waals surface area contributed by atoms with Gasteiger partial charge in [-0.1, -0.05) is 37.3 Å². The molecule has 1 aliphatic rings. The molecule has 128 valence electrons. The van der Waals surface area contributed by atoms with Gasteiger partial charge in [0, 0.05) is 29.5 Å². The number of benzene rings is 1. The lowest BCUT2D eigenvalue weighted by Crippen LogP contribution is -2.34. The van der Waals surface area contributed by atoms with Crippen LogP contribution in [0.15, 0.2) is 28.7 Å². The average molecular weight is 348 g/mol. The minimum atomic E-state index is 0.0631. The van der Waals surface area contributed by atoms with Crippen molar-refractivity contribution in [2.24, 2.45) is 0 Å². The van der Waals surface area contributed by atoms with E-state index in [2.05, 4.69) is 15.5 Å². The molecule has 0 atom stereocenters. The molecule has 1 aromatic carbocycles. The largest absolute Gasteiger partial charge is 0.421 e. The maximum absolute atomic E-state index is 12.1. The van der Waals surface area contributed by atoms with Crippen LogP contribution in [0.3, 0.4) is 0 Å². The van der Waals surface area contributed by atoms with Gasteiger partial charge >= 0.3 is 0 Å². The molecular formula is C18H22ClN3O2. The standard InChI is InChI=1S/C18H22ClN3O2/c19-14-9-7-13(8-10-14)18-22-21-17(24-18)12-11-16(23)20-15-5-3-1-2-4-6-15/h7-10,15H,1-6,11-12H2,(H,20,23). The zero-order valence-electron chi connectivity index (χ0n) is 13.6. The SMILES string of the molecule is O=C(CCc1nnc(-c2ccc(Cl)cc2)o1)NC1CCCCCC1. The average Bonchev–Trinajstić information content (AvgIpc) is 2.91. The highest BCUT2D eigenvalue weighted by molar-refractivity contribution is 6.30. The third-order valence-corrected chi connectivity index (χ3v) is 4.60. The Morgan fingerprint density at radius 1 is 1.12 bits per heavy atom. The maximum atomic E-state index is 12.1. The van der Waals surface area contributed by atoms with Crippen LogP contribution in [-0.2, 0) is 11.2 Å². The lowest BCUT2D eigenvalue weighted by molar-refractivity contribution is -0.121. The number of hydrogen-bond donors (Lipinski definition) is 1. The van der Waals surface area contributed by atoms with E-state index in [0.717, 1.165) is 18.4 Å². The molecule has 1 saturated carbocycles. The Bertz CT molecular complexity index is 661. The van der Waals surface area contributed by atoms with Crippen LogP contribution >= 0.6 is 11.6 Å². The normalized spacial score (nSPS) is 15.9. The van der Waals surface area contributed by atoms with Crippen molar-refractivity contribution in [3.8, 4) is 11.5 Å². The predicted octanol–water partition coefficient (Wildman–Crippen LogP) is 4.16. The van der Waals surface area contributed by atoms with E-state index in [1.54, 1.807) is 12.1 Å². The first kappa shape index (κ1) is 17.0. The molecule has 6 heteroatoms. The number of halogens is 1. The molecule has 0 spiro atoms. The Morgan fingerprint density at radius 2 is 1.83 bits per heavy atom. The first-order valence-electron chi connectivity index (χ1n) is 8.58. The third kappa shape index (κ3) is 4.81. The van der Waals surface area contributed by atoms with Crippen LogP contribution in [-0.4, -0.2) is 22.1 Å². The summed E-state index contributed by atoms with van der Waals surface area (Å²) in [5.74, 6) is 0.995. The highest BCUT2D eigenvalue weighted by Gasteiger charge is 2.16. The minimum Gasteiger partial charge on any atom is -0.421 e. The van der Waals surface area contributed by atoms with Crippen molar-refractivity contribution in [2.75, 3.05) is 0 Å². The van der Waals surface area contributed by atoms with E-state index in [9.17, 15) is 4.79 Å². The molecule has 3 rings (SSSR count). The van der Waals surface area contributed by atoms with Gasteiger partial charge in [0.1, 0.15) is 0 Å². The quantitative estimate of drug-likeness (QED) is 0.824. The Hall–Kier alpha value is -1.88. The van der Waals surface area contributed by atoms with Crippen LogP contribution in [0.4, 0.5) is 0 Å². The highest BCUT2D eigenvalue weighted by atomic mass is 35.5. The van der Waals surface area contributed by atoms with E-state index in [4.69, 9.17) is 16.0 Å². The second-order valence-electron chi connectivity index (χ2n) is 6.26. The second kappa shape index (κ2) is 8.29. The summed E-state index contributed by atoms with van der Waals surface area (Å²) >= 11 is 5.87. The first-order valence-corrected chi connectivity index (χ1v) is 8.96. The fourth-order valence-electron chi connectivity index (χ4n) is 3.01.